The monoisotopic (exact) mass is 422 g/mol. The topological polar surface area (TPSA) is 0 Å². The molecule has 0 saturated carbocycles. The summed E-state index contributed by atoms with van der Waals surface area (Å²) in [7, 11) is 0. The summed E-state index contributed by atoms with van der Waals surface area (Å²) in [6.45, 7) is 8.72. The van der Waals surface area contributed by atoms with Crippen molar-refractivity contribution >= 4 is 0 Å². The second kappa shape index (κ2) is 10.6. The van der Waals surface area contributed by atoms with Crippen molar-refractivity contribution in [2.45, 2.75) is 66.2 Å². The molecule has 2 rings (SSSR count). The first-order valence-corrected chi connectivity index (χ1v) is 7.22. The average molecular weight is 421 g/mol. The molecular formula is C18H26Hf-2. The Hall–Kier alpha value is -0.170. The van der Waals surface area contributed by atoms with Crippen LogP contribution in [-0.4, -0.2) is 0 Å². The fourth-order valence-corrected chi connectivity index (χ4v) is 2.31. The number of rotatable bonds is 4. The van der Waals surface area contributed by atoms with Gasteiger partial charge in [0.25, 0.3) is 0 Å². The van der Waals surface area contributed by atoms with Crippen molar-refractivity contribution in [3.8, 4) is 0 Å². The molecule has 0 saturated heterocycles. The predicted octanol–water partition coefficient (Wildman–Crippen LogP) is 5.73. The van der Waals surface area contributed by atoms with Gasteiger partial charge in [0.2, 0.25) is 0 Å². The van der Waals surface area contributed by atoms with Crippen molar-refractivity contribution < 1.29 is 25.8 Å². The minimum atomic E-state index is 0. The van der Waals surface area contributed by atoms with Crippen LogP contribution in [0.4, 0.5) is 0 Å². The summed E-state index contributed by atoms with van der Waals surface area (Å²) in [5, 5.41) is 0. The summed E-state index contributed by atoms with van der Waals surface area (Å²) >= 11 is 0. The van der Waals surface area contributed by atoms with Crippen LogP contribution in [0.25, 0.3) is 0 Å². The Kier molecular flexibility index (Phi) is 10.5. The molecule has 0 fully saturated rings. The molecule has 1 heteroatoms. The number of hydrogen-bond acceptors (Lipinski definition) is 0. The van der Waals surface area contributed by atoms with Crippen LogP contribution in [0, 0.1) is 12.2 Å². The van der Waals surface area contributed by atoms with E-state index in [1.165, 1.54) is 48.0 Å². The fraction of sp³-hybridized carbons (Fsp3) is 0.556. The van der Waals surface area contributed by atoms with Crippen LogP contribution in [0.15, 0.2) is 34.4 Å². The smallest absolute Gasteiger partial charge is 0 e. The predicted molar refractivity (Wildman–Crippen MR) is 80.1 cm³/mol. The Balaban J connectivity index is 0.000000324. The van der Waals surface area contributed by atoms with E-state index in [1.54, 1.807) is 0 Å². The minimum Gasteiger partial charge on any atom is -0.269 e. The molecule has 0 amide bonds. The van der Waals surface area contributed by atoms with E-state index in [-0.39, 0.29) is 25.8 Å². The maximum absolute atomic E-state index is 3.28. The van der Waals surface area contributed by atoms with Crippen LogP contribution < -0.4 is 0 Å². The maximum atomic E-state index is 3.28. The van der Waals surface area contributed by atoms with Gasteiger partial charge in [-0.25, -0.2) is 11.1 Å². The van der Waals surface area contributed by atoms with E-state index >= 15 is 0 Å². The summed E-state index contributed by atoms with van der Waals surface area (Å²) in [5.41, 5.74) is 5.77. The van der Waals surface area contributed by atoms with Gasteiger partial charge in [0.1, 0.15) is 0 Å². The SMILES string of the molecule is CCCC1=CC[C-]=C1C.CCCC1=CC[C-]=C1C.[Hf]. The van der Waals surface area contributed by atoms with Gasteiger partial charge in [-0.3, -0.25) is 12.2 Å². The van der Waals surface area contributed by atoms with Gasteiger partial charge in [-0.2, -0.15) is 23.3 Å². The molecule has 0 aromatic heterocycles. The van der Waals surface area contributed by atoms with E-state index in [4.69, 9.17) is 0 Å². The summed E-state index contributed by atoms with van der Waals surface area (Å²) in [6, 6.07) is 0. The zero-order valence-corrected chi connectivity index (χ0v) is 16.5. The van der Waals surface area contributed by atoms with Crippen molar-refractivity contribution in [1.82, 2.24) is 0 Å². The van der Waals surface area contributed by atoms with Crippen LogP contribution >= 0.6 is 0 Å². The van der Waals surface area contributed by atoms with Crippen molar-refractivity contribution in [1.29, 1.82) is 0 Å². The van der Waals surface area contributed by atoms with Crippen molar-refractivity contribution in [3.63, 3.8) is 0 Å². The number of allylic oxidation sites excluding steroid dienone is 8. The molecule has 0 atom stereocenters. The first-order chi connectivity index (χ1) is 8.69. The van der Waals surface area contributed by atoms with Gasteiger partial charge in [0, 0.05) is 25.8 Å². The molecule has 0 nitrogen and oxygen atoms in total. The third kappa shape index (κ3) is 6.70. The van der Waals surface area contributed by atoms with Crippen LogP contribution in [0.5, 0.6) is 0 Å². The fourth-order valence-electron chi connectivity index (χ4n) is 2.31. The first-order valence-electron chi connectivity index (χ1n) is 7.22. The quantitative estimate of drug-likeness (QED) is 0.402. The molecule has 0 spiro atoms. The third-order valence-corrected chi connectivity index (χ3v) is 3.43. The molecule has 2 aliphatic rings. The second-order valence-corrected chi connectivity index (χ2v) is 4.97. The van der Waals surface area contributed by atoms with E-state index < -0.39 is 0 Å². The largest absolute Gasteiger partial charge is 0.269 e. The molecule has 0 heterocycles. The van der Waals surface area contributed by atoms with Gasteiger partial charge in [-0.1, -0.05) is 53.4 Å². The second-order valence-electron chi connectivity index (χ2n) is 4.97. The molecule has 0 N–H and O–H groups in total. The molecule has 19 heavy (non-hydrogen) atoms. The van der Waals surface area contributed by atoms with Gasteiger partial charge in [-0.15, -0.1) is 12.8 Å². The molecule has 0 aromatic carbocycles. The Morgan fingerprint density at radius 2 is 1.21 bits per heavy atom. The van der Waals surface area contributed by atoms with Crippen LogP contribution in [0.3, 0.4) is 0 Å². The summed E-state index contributed by atoms with van der Waals surface area (Å²) < 4.78 is 0. The third-order valence-electron chi connectivity index (χ3n) is 3.43. The zero-order valence-electron chi connectivity index (χ0n) is 12.9. The molecular weight excluding hydrogens is 395 g/mol. The molecule has 0 aromatic rings. The molecule has 0 unspecified atom stereocenters. The molecule has 0 bridgehead atoms. The van der Waals surface area contributed by atoms with E-state index in [0.717, 1.165) is 12.8 Å². The van der Waals surface area contributed by atoms with Crippen molar-refractivity contribution in [2.75, 3.05) is 0 Å². The van der Waals surface area contributed by atoms with Gasteiger partial charge in [0.05, 0.1) is 0 Å². The standard InChI is InChI=1S/2C9H13.Hf/c2*1-3-5-9-7-4-6-8(9)2;/h2*7H,3-5H2,1-2H3;/q2*-1;. The van der Waals surface area contributed by atoms with Crippen LogP contribution in [0.1, 0.15) is 66.2 Å². The Labute approximate surface area is 138 Å². The van der Waals surface area contributed by atoms with Gasteiger partial charge < -0.3 is 0 Å². The Morgan fingerprint density at radius 1 is 0.842 bits per heavy atom. The zero-order chi connectivity index (χ0) is 13.4. The van der Waals surface area contributed by atoms with E-state index in [0.29, 0.717) is 0 Å². The summed E-state index contributed by atoms with van der Waals surface area (Å²) in [5.74, 6) is 0. The average Bonchev–Trinajstić information content (AvgIpc) is 2.92. The minimum absolute atomic E-state index is 0. The van der Waals surface area contributed by atoms with Crippen molar-refractivity contribution in [2.24, 2.45) is 0 Å². The van der Waals surface area contributed by atoms with E-state index in [9.17, 15) is 0 Å². The number of hydrogen-bond donors (Lipinski definition) is 0. The van der Waals surface area contributed by atoms with E-state index in [2.05, 4.69) is 52.0 Å². The van der Waals surface area contributed by atoms with E-state index in [1.807, 2.05) is 0 Å². The molecule has 0 radical (unpaired) electrons. The van der Waals surface area contributed by atoms with Crippen molar-refractivity contribution in [3.05, 3.63) is 46.6 Å². The van der Waals surface area contributed by atoms with Gasteiger partial charge >= 0.3 is 0 Å². The first kappa shape index (κ1) is 18.8. The molecule has 0 aliphatic heterocycles. The normalized spacial score (nSPS) is 16.6. The van der Waals surface area contributed by atoms with Gasteiger partial charge in [-0.05, 0) is 0 Å². The van der Waals surface area contributed by atoms with Crippen LogP contribution in [0.2, 0.25) is 0 Å². The van der Waals surface area contributed by atoms with Crippen LogP contribution in [-0.2, 0) is 25.8 Å². The summed E-state index contributed by atoms with van der Waals surface area (Å²) in [6.07, 6.45) is 18.2. The molecule has 104 valence electrons. The maximum Gasteiger partial charge on any atom is 0 e. The molecule has 2 aliphatic carbocycles. The Morgan fingerprint density at radius 3 is 1.42 bits per heavy atom. The Bertz CT molecular complexity index is 342. The van der Waals surface area contributed by atoms with Gasteiger partial charge in [0.15, 0.2) is 0 Å². The summed E-state index contributed by atoms with van der Waals surface area (Å²) in [4.78, 5) is 0.